The Kier molecular flexibility index (Phi) is 6.34. The Bertz CT molecular complexity index is 1030. The zero-order valence-corrected chi connectivity index (χ0v) is 19.7. The van der Waals surface area contributed by atoms with Gasteiger partial charge in [0.05, 0.1) is 11.4 Å². The summed E-state index contributed by atoms with van der Waals surface area (Å²) in [6.07, 6.45) is 0. The van der Waals surface area contributed by atoms with Gasteiger partial charge in [0, 0.05) is 23.9 Å². The summed E-state index contributed by atoms with van der Waals surface area (Å²) in [5, 5.41) is 15.9. The Morgan fingerprint density at radius 3 is 2.13 bits per heavy atom. The van der Waals surface area contributed by atoms with Gasteiger partial charge in [-0.1, -0.05) is 48.5 Å². The molecule has 31 heavy (non-hydrogen) atoms. The lowest BCUT2D eigenvalue weighted by molar-refractivity contribution is 0.0910. The van der Waals surface area contributed by atoms with Gasteiger partial charge in [-0.2, -0.15) is 5.10 Å². The average molecular weight is 424 g/mol. The number of nitrogens with zero attached hydrogens (tertiary/aromatic N) is 4. The molecule has 3 rings (SSSR count). The number of benzene rings is 1. The molecule has 0 aliphatic carbocycles. The predicted molar refractivity (Wildman–Crippen MR) is 121 cm³/mol. The fourth-order valence-electron chi connectivity index (χ4n) is 3.71. The normalized spacial score (nSPS) is 12.2. The maximum Gasteiger partial charge on any atom is 0.268 e. The summed E-state index contributed by atoms with van der Waals surface area (Å²) in [4.78, 5) is 12.8. The second-order valence-corrected chi connectivity index (χ2v) is 9.74. The summed E-state index contributed by atoms with van der Waals surface area (Å²) in [5.74, 6) is 1.57. The molecule has 2 heterocycles. The second kappa shape index (κ2) is 8.65. The first-order valence-electron chi connectivity index (χ1n) is 10.8. The van der Waals surface area contributed by atoms with Crippen molar-refractivity contribution >= 4 is 5.91 Å². The van der Waals surface area contributed by atoms with Gasteiger partial charge in [-0.3, -0.25) is 4.79 Å². The SMILES string of the molecule is Cc1nnc(-c2cc(C(C)(C)C)n(-c3ccc(C(=O)NC(C(C)C)C(C)C)cc3)n2)o1. The number of carbonyl (C=O) groups excluding carboxylic acids is 1. The second-order valence-electron chi connectivity index (χ2n) is 9.74. The van der Waals surface area contributed by atoms with E-state index in [1.165, 1.54) is 0 Å². The molecule has 0 fully saturated rings. The smallest absolute Gasteiger partial charge is 0.268 e. The van der Waals surface area contributed by atoms with Crippen molar-refractivity contribution in [2.24, 2.45) is 11.8 Å². The van der Waals surface area contributed by atoms with E-state index in [2.05, 4.69) is 64.0 Å². The van der Waals surface area contributed by atoms with E-state index in [9.17, 15) is 4.79 Å². The van der Waals surface area contributed by atoms with E-state index in [1.54, 1.807) is 6.92 Å². The molecule has 1 N–H and O–H groups in total. The van der Waals surface area contributed by atoms with Crippen molar-refractivity contribution in [1.82, 2.24) is 25.3 Å². The molecular weight excluding hydrogens is 390 g/mol. The summed E-state index contributed by atoms with van der Waals surface area (Å²) in [6, 6.07) is 9.62. The molecule has 166 valence electrons. The van der Waals surface area contributed by atoms with Crippen molar-refractivity contribution in [2.75, 3.05) is 0 Å². The maximum absolute atomic E-state index is 12.8. The van der Waals surface area contributed by atoms with Crippen molar-refractivity contribution < 1.29 is 9.21 Å². The Labute approximate surface area is 184 Å². The van der Waals surface area contributed by atoms with Crippen LogP contribution in [0.25, 0.3) is 17.3 Å². The average Bonchev–Trinajstić information content (AvgIpc) is 3.31. The van der Waals surface area contributed by atoms with Crippen molar-refractivity contribution in [3.63, 3.8) is 0 Å². The fraction of sp³-hybridized carbons (Fsp3) is 0.500. The van der Waals surface area contributed by atoms with Crippen LogP contribution in [0.4, 0.5) is 0 Å². The van der Waals surface area contributed by atoms with Crippen molar-refractivity contribution in [3.05, 3.63) is 47.5 Å². The van der Waals surface area contributed by atoms with Crippen LogP contribution in [0.15, 0.2) is 34.7 Å². The molecule has 0 bridgehead atoms. The molecule has 0 unspecified atom stereocenters. The lowest BCUT2D eigenvalue weighted by Crippen LogP contribution is -2.42. The highest BCUT2D eigenvalue weighted by Crippen LogP contribution is 2.29. The monoisotopic (exact) mass is 423 g/mol. The van der Waals surface area contributed by atoms with Crippen LogP contribution in [0.2, 0.25) is 0 Å². The fourth-order valence-corrected chi connectivity index (χ4v) is 3.71. The molecular formula is C24H33N5O2. The third kappa shape index (κ3) is 5.03. The number of aromatic nitrogens is 4. The van der Waals surface area contributed by atoms with Crippen LogP contribution in [-0.4, -0.2) is 31.9 Å². The minimum atomic E-state index is -0.155. The Morgan fingerprint density at radius 1 is 1.03 bits per heavy atom. The minimum absolute atomic E-state index is 0.0579. The quantitative estimate of drug-likeness (QED) is 0.607. The highest BCUT2D eigenvalue weighted by atomic mass is 16.4. The van der Waals surface area contributed by atoms with Crippen molar-refractivity contribution in [2.45, 2.75) is 66.8 Å². The first kappa shape index (κ1) is 22.7. The molecule has 1 amide bonds. The largest absolute Gasteiger partial charge is 0.420 e. The van der Waals surface area contributed by atoms with Gasteiger partial charge in [0.25, 0.3) is 11.8 Å². The first-order chi connectivity index (χ1) is 14.5. The summed E-state index contributed by atoms with van der Waals surface area (Å²) in [5.41, 5.74) is 2.98. The zero-order valence-electron chi connectivity index (χ0n) is 19.7. The molecule has 0 aliphatic heterocycles. The van der Waals surface area contributed by atoms with E-state index in [-0.39, 0.29) is 17.4 Å². The van der Waals surface area contributed by atoms with Crippen LogP contribution in [0.3, 0.4) is 0 Å². The van der Waals surface area contributed by atoms with E-state index in [0.29, 0.717) is 34.9 Å². The van der Waals surface area contributed by atoms with Crippen LogP contribution in [0.5, 0.6) is 0 Å². The number of aryl methyl sites for hydroxylation is 1. The highest BCUT2D eigenvalue weighted by molar-refractivity contribution is 5.94. The summed E-state index contributed by atoms with van der Waals surface area (Å²) >= 11 is 0. The Hall–Kier alpha value is -2.96. The van der Waals surface area contributed by atoms with E-state index in [4.69, 9.17) is 9.52 Å². The third-order valence-electron chi connectivity index (χ3n) is 5.33. The van der Waals surface area contributed by atoms with Gasteiger partial charge in [-0.05, 0) is 42.2 Å². The molecule has 1 aromatic carbocycles. The molecule has 0 radical (unpaired) electrons. The lowest BCUT2D eigenvalue weighted by Gasteiger charge is -2.26. The minimum Gasteiger partial charge on any atom is -0.420 e. The summed E-state index contributed by atoms with van der Waals surface area (Å²) in [7, 11) is 0. The summed E-state index contributed by atoms with van der Waals surface area (Å²) < 4.78 is 7.44. The molecule has 0 spiro atoms. The lowest BCUT2D eigenvalue weighted by atomic mass is 9.91. The van der Waals surface area contributed by atoms with Gasteiger partial charge < -0.3 is 9.73 Å². The molecule has 3 aromatic rings. The number of hydrogen-bond donors (Lipinski definition) is 1. The number of nitrogens with one attached hydrogen (secondary N) is 1. The van der Waals surface area contributed by atoms with Crippen molar-refractivity contribution in [3.8, 4) is 17.3 Å². The highest BCUT2D eigenvalue weighted by Gasteiger charge is 2.25. The molecule has 0 saturated heterocycles. The van der Waals surface area contributed by atoms with Gasteiger partial charge in [0.2, 0.25) is 5.89 Å². The number of rotatable bonds is 6. The van der Waals surface area contributed by atoms with E-state index >= 15 is 0 Å². The van der Waals surface area contributed by atoms with Crippen LogP contribution < -0.4 is 5.32 Å². The van der Waals surface area contributed by atoms with Gasteiger partial charge in [0.1, 0.15) is 5.69 Å². The zero-order chi connectivity index (χ0) is 22.9. The van der Waals surface area contributed by atoms with Crippen LogP contribution in [0, 0.1) is 18.8 Å². The molecule has 0 atom stereocenters. The summed E-state index contributed by atoms with van der Waals surface area (Å²) in [6.45, 7) is 16.6. The molecule has 0 aliphatic rings. The molecule has 0 saturated carbocycles. The van der Waals surface area contributed by atoms with Gasteiger partial charge in [0.15, 0.2) is 0 Å². The van der Waals surface area contributed by atoms with Gasteiger partial charge in [-0.15, -0.1) is 10.2 Å². The van der Waals surface area contributed by atoms with Crippen LogP contribution in [0.1, 0.15) is 70.4 Å². The Morgan fingerprint density at radius 2 is 1.65 bits per heavy atom. The van der Waals surface area contributed by atoms with E-state index in [1.807, 2.05) is 35.0 Å². The molecule has 7 heteroatoms. The Balaban J connectivity index is 1.91. The number of amides is 1. The predicted octanol–water partition coefficient (Wildman–Crippen LogP) is 4.94. The maximum atomic E-state index is 12.8. The van der Waals surface area contributed by atoms with E-state index < -0.39 is 0 Å². The topological polar surface area (TPSA) is 85.8 Å². The van der Waals surface area contributed by atoms with E-state index in [0.717, 1.165) is 11.4 Å². The van der Waals surface area contributed by atoms with Gasteiger partial charge in [-0.25, -0.2) is 4.68 Å². The van der Waals surface area contributed by atoms with Gasteiger partial charge >= 0.3 is 0 Å². The van der Waals surface area contributed by atoms with Crippen LogP contribution in [-0.2, 0) is 5.41 Å². The van der Waals surface area contributed by atoms with Crippen LogP contribution >= 0.6 is 0 Å². The van der Waals surface area contributed by atoms with Crippen molar-refractivity contribution in [1.29, 1.82) is 0 Å². The molecule has 7 nitrogen and oxygen atoms in total. The number of hydrogen-bond acceptors (Lipinski definition) is 5. The molecule has 2 aromatic heterocycles. The standard InChI is InChI=1S/C24H33N5O2/c1-14(2)21(15(3)4)25-22(30)17-9-11-18(12-10-17)29-20(24(6,7)8)13-19(28-29)23-27-26-16(5)31-23/h9-15,21H,1-8H3,(H,25,30). The first-order valence-corrected chi connectivity index (χ1v) is 10.8. The number of carbonyl (C=O) groups is 1. The third-order valence-corrected chi connectivity index (χ3v) is 5.33.